The highest BCUT2D eigenvalue weighted by Crippen LogP contribution is 2.29. The Morgan fingerprint density at radius 3 is 2.12 bits per heavy atom. The Labute approximate surface area is 149 Å². The number of nitrogens with one attached hydrogen (secondary N) is 2. The fourth-order valence-electron chi connectivity index (χ4n) is 2.34. The van der Waals surface area contributed by atoms with E-state index in [9.17, 15) is 0 Å². The van der Waals surface area contributed by atoms with Crippen LogP contribution in [-0.2, 0) is 0 Å². The topological polar surface area (TPSA) is 42.5 Å². The zero-order chi connectivity index (χ0) is 17.5. The van der Waals surface area contributed by atoms with Crippen LogP contribution in [0.5, 0.6) is 11.5 Å². The fraction of sp³-hybridized carbons (Fsp3) is 0.316. The molecule has 2 aromatic rings. The Kier molecular flexibility index (Phi) is 6.44. The van der Waals surface area contributed by atoms with Crippen molar-refractivity contribution >= 4 is 28.7 Å². The van der Waals surface area contributed by atoms with Crippen molar-refractivity contribution in [2.24, 2.45) is 0 Å². The fourth-order valence-corrected chi connectivity index (χ4v) is 2.57. The number of hydrogen-bond acceptors (Lipinski definition) is 3. The molecule has 0 aliphatic heterocycles. The number of ether oxygens (including phenoxy) is 2. The molecule has 2 aromatic carbocycles. The maximum absolute atomic E-state index is 5.37. The summed E-state index contributed by atoms with van der Waals surface area (Å²) in [5.74, 6) is 1.90. The third-order valence-electron chi connectivity index (χ3n) is 3.99. The molecule has 2 rings (SSSR count). The lowest BCUT2D eigenvalue weighted by molar-refractivity contribution is 0.355. The van der Waals surface area contributed by atoms with E-state index in [1.54, 1.807) is 14.2 Å². The molecule has 0 amide bonds. The van der Waals surface area contributed by atoms with Gasteiger partial charge in [0.05, 0.1) is 14.2 Å². The first-order chi connectivity index (χ1) is 11.6. The van der Waals surface area contributed by atoms with E-state index in [1.807, 2.05) is 30.3 Å². The number of anilines is 2. The normalized spacial score (nSPS) is 11.5. The predicted molar refractivity (Wildman–Crippen MR) is 105 cm³/mol. The van der Waals surface area contributed by atoms with Gasteiger partial charge in [-0.1, -0.05) is 26.0 Å². The first-order valence-corrected chi connectivity index (χ1v) is 8.38. The summed E-state index contributed by atoms with van der Waals surface area (Å²) in [6, 6.07) is 13.9. The van der Waals surface area contributed by atoms with E-state index in [-0.39, 0.29) is 0 Å². The van der Waals surface area contributed by atoms with E-state index in [0.717, 1.165) is 17.8 Å². The minimum Gasteiger partial charge on any atom is -0.493 e. The Bertz CT molecular complexity index is 686. The number of thiocarbonyl (C=S) groups is 1. The number of hydrogen-bond donors (Lipinski definition) is 2. The highest BCUT2D eigenvalue weighted by molar-refractivity contribution is 7.80. The number of rotatable bonds is 6. The molecule has 0 unspecified atom stereocenters. The van der Waals surface area contributed by atoms with Crippen LogP contribution in [0.2, 0.25) is 0 Å². The SMILES string of the molecule is CC[C@@H](C)c1ccc(NC(=S)Nc2ccc(OC)c(OC)c2)cc1. The molecule has 4 nitrogen and oxygen atoms in total. The summed E-state index contributed by atoms with van der Waals surface area (Å²) in [6.45, 7) is 4.42. The van der Waals surface area contributed by atoms with Gasteiger partial charge in [-0.15, -0.1) is 0 Å². The maximum atomic E-state index is 5.37. The molecule has 2 N–H and O–H groups in total. The molecule has 0 radical (unpaired) electrons. The lowest BCUT2D eigenvalue weighted by atomic mass is 9.99. The molecule has 5 heteroatoms. The van der Waals surface area contributed by atoms with E-state index in [0.29, 0.717) is 22.5 Å². The van der Waals surface area contributed by atoms with E-state index >= 15 is 0 Å². The third kappa shape index (κ3) is 4.61. The molecule has 0 saturated carbocycles. The first kappa shape index (κ1) is 18.1. The molecule has 0 aliphatic carbocycles. The maximum Gasteiger partial charge on any atom is 0.175 e. The van der Waals surface area contributed by atoms with E-state index in [1.165, 1.54) is 5.56 Å². The minimum atomic E-state index is 0.526. The van der Waals surface area contributed by atoms with Crippen LogP contribution < -0.4 is 20.1 Å². The van der Waals surface area contributed by atoms with Crippen LogP contribution in [-0.4, -0.2) is 19.3 Å². The molecule has 0 aromatic heterocycles. The molecule has 0 bridgehead atoms. The van der Waals surface area contributed by atoms with Gasteiger partial charge in [-0.2, -0.15) is 0 Å². The van der Waals surface area contributed by atoms with Gasteiger partial charge in [-0.05, 0) is 54.4 Å². The van der Waals surface area contributed by atoms with Crippen molar-refractivity contribution in [2.75, 3.05) is 24.9 Å². The summed E-state index contributed by atoms with van der Waals surface area (Å²) in [6.07, 6.45) is 1.13. The van der Waals surface area contributed by atoms with Gasteiger partial charge in [0.15, 0.2) is 16.6 Å². The summed E-state index contributed by atoms with van der Waals surface area (Å²) in [4.78, 5) is 0. The van der Waals surface area contributed by atoms with Crippen LogP contribution in [0.25, 0.3) is 0 Å². The van der Waals surface area contributed by atoms with E-state index < -0.39 is 0 Å². The van der Waals surface area contributed by atoms with E-state index in [2.05, 4.69) is 36.6 Å². The van der Waals surface area contributed by atoms with Crippen LogP contribution in [0.4, 0.5) is 11.4 Å². The molecule has 0 saturated heterocycles. The van der Waals surface area contributed by atoms with Crippen molar-refractivity contribution in [3.63, 3.8) is 0 Å². The molecule has 128 valence electrons. The van der Waals surface area contributed by atoms with Crippen molar-refractivity contribution in [1.82, 2.24) is 0 Å². The molecular formula is C19H24N2O2S. The summed E-state index contributed by atoms with van der Waals surface area (Å²) in [7, 11) is 3.22. The summed E-state index contributed by atoms with van der Waals surface area (Å²) in [5, 5.41) is 6.87. The smallest absolute Gasteiger partial charge is 0.175 e. The molecule has 0 fully saturated rings. The molecule has 0 heterocycles. The summed E-state index contributed by atoms with van der Waals surface area (Å²) >= 11 is 5.37. The van der Waals surface area contributed by atoms with Crippen LogP contribution >= 0.6 is 12.2 Å². The molecule has 1 atom stereocenters. The van der Waals surface area contributed by atoms with Gasteiger partial charge >= 0.3 is 0 Å². The second kappa shape index (κ2) is 8.55. The summed E-state index contributed by atoms with van der Waals surface area (Å²) < 4.78 is 10.5. The van der Waals surface area contributed by atoms with Gasteiger partial charge in [0.25, 0.3) is 0 Å². The van der Waals surface area contributed by atoms with Gasteiger partial charge in [-0.25, -0.2) is 0 Å². The van der Waals surface area contributed by atoms with Crippen LogP contribution in [0, 0.1) is 0 Å². The van der Waals surface area contributed by atoms with E-state index in [4.69, 9.17) is 21.7 Å². The number of benzene rings is 2. The van der Waals surface area contributed by atoms with Gasteiger partial charge in [0, 0.05) is 17.4 Å². The molecule has 0 spiro atoms. The largest absolute Gasteiger partial charge is 0.493 e. The average Bonchev–Trinajstić information content (AvgIpc) is 2.61. The predicted octanol–water partition coefficient (Wildman–Crippen LogP) is 5.03. The Morgan fingerprint density at radius 1 is 0.958 bits per heavy atom. The summed E-state index contributed by atoms with van der Waals surface area (Å²) in [5.41, 5.74) is 3.13. The van der Waals surface area contributed by atoms with Gasteiger partial charge in [0.1, 0.15) is 0 Å². The monoisotopic (exact) mass is 344 g/mol. The molecule has 24 heavy (non-hydrogen) atoms. The second-order valence-corrected chi connectivity index (χ2v) is 5.99. The van der Waals surface area contributed by atoms with Crippen molar-refractivity contribution in [1.29, 1.82) is 0 Å². The zero-order valence-corrected chi connectivity index (χ0v) is 15.4. The first-order valence-electron chi connectivity index (χ1n) is 7.97. The average molecular weight is 344 g/mol. The van der Waals surface area contributed by atoms with Crippen LogP contribution in [0.3, 0.4) is 0 Å². The quantitative estimate of drug-likeness (QED) is 0.720. The van der Waals surface area contributed by atoms with Crippen molar-refractivity contribution in [3.8, 4) is 11.5 Å². The Balaban J connectivity index is 2.00. The molecular weight excluding hydrogens is 320 g/mol. The highest BCUT2D eigenvalue weighted by atomic mass is 32.1. The standard InChI is InChI=1S/C19H24N2O2S/c1-5-13(2)14-6-8-15(9-7-14)20-19(24)21-16-10-11-17(22-3)18(12-16)23-4/h6-13H,5H2,1-4H3,(H2,20,21,24)/t13-/m1/s1. The van der Waals surface area contributed by atoms with Crippen molar-refractivity contribution in [2.45, 2.75) is 26.2 Å². The Hall–Kier alpha value is -2.27. The van der Waals surface area contributed by atoms with Crippen molar-refractivity contribution < 1.29 is 9.47 Å². The lowest BCUT2D eigenvalue weighted by Gasteiger charge is -2.14. The number of methoxy groups -OCH3 is 2. The Morgan fingerprint density at radius 2 is 1.54 bits per heavy atom. The highest BCUT2D eigenvalue weighted by Gasteiger charge is 2.06. The van der Waals surface area contributed by atoms with Gasteiger partial charge < -0.3 is 20.1 Å². The van der Waals surface area contributed by atoms with Crippen LogP contribution in [0.1, 0.15) is 31.7 Å². The van der Waals surface area contributed by atoms with Crippen LogP contribution in [0.15, 0.2) is 42.5 Å². The van der Waals surface area contributed by atoms with Gasteiger partial charge in [0.2, 0.25) is 0 Å². The lowest BCUT2D eigenvalue weighted by Crippen LogP contribution is -2.19. The van der Waals surface area contributed by atoms with Crippen molar-refractivity contribution in [3.05, 3.63) is 48.0 Å². The van der Waals surface area contributed by atoms with Gasteiger partial charge in [-0.3, -0.25) is 0 Å². The second-order valence-electron chi connectivity index (χ2n) is 5.58. The minimum absolute atomic E-state index is 0.526. The zero-order valence-electron chi connectivity index (χ0n) is 14.6. The third-order valence-corrected chi connectivity index (χ3v) is 4.20. The molecule has 0 aliphatic rings.